The number of rotatable bonds is 3. The molecule has 0 bridgehead atoms. The van der Waals surface area contributed by atoms with Crippen LogP contribution in [0.25, 0.3) is 6.08 Å². The number of nitrogens with one attached hydrogen (secondary N) is 1. The number of halogens is 3. The molecule has 0 saturated heterocycles. The third-order valence-corrected chi connectivity index (χ3v) is 4.81. The third-order valence-electron chi connectivity index (χ3n) is 2.84. The van der Waals surface area contributed by atoms with E-state index in [0.29, 0.717) is 23.4 Å². The van der Waals surface area contributed by atoms with Gasteiger partial charge in [-0.25, -0.2) is 0 Å². The Hall–Kier alpha value is -1.31. The first-order chi connectivity index (χ1) is 10.9. The molecular formula is C16H9ClI2N2O2. The van der Waals surface area contributed by atoms with Crippen LogP contribution >= 0.6 is 56.8 Å². The van der Waals surface area contributed by atoms with Gasteiger partial charge in [0.05, 0.1) is 17.9 Å². The maximum atomic E-state index is 12.2. The van der Waals surface area contributed by atoms with Gasteiger partial charge in [0.1, 0.15) is 17.4 Å². The summed E-state index contributed by atoms with van der Waals surface area (Å²) in [4.78, 5) is 12.2. The fraction of sp³-hybridized carbons (Fsp3) is 0. The summed E-state index contributed by atoms with van der Waals surface area (Å²) in [7, 11) is 0. The van der Waals surface area contributed by atoms with Crippen molar-refractivity contribution in [1.82, 2.24) is 0 Å². The molecule has 0 heterocycles. The van der Waals surface area contributed by atoms with E-state index < -0.39 is 5.91 Å². The number of carbonyl (C=O) groups excluding carboxylic acids is 1. The molecule has 0 fully saturated rings. The first-order valence-corrected chi connectivity index (χ1v) is 8.81. The number of benzene rings is 2. The first kappa shape index (κ1) is 18.0. The van der Waals surface area contributed by atoms with Crippen LogP contribution in [0.5, 0.6) is 5.75 Å². The van der Waals surface area contributed by atoms with Gasteiger partial charge in [0.2, 0.25) is 0 Å². The van der Waals surface area contributed by atoms with Crippen LogP contribution in [-0.2, 0) is 4.79 Å². The molecule has 0 unspecified atom stereocenters. The van der Waals surface area contributed by atoms with Crippen molar-refractivity contribution in [3.8, 4) is 11.8 Å². The topological polar surface area (TPSA) is 73.1 Å². The zero-order valence-electron chi connectivity index (χ0n) is 11.5. The molecule has 23 heavy (non-hydrogen) atoms. The van der Waals surface area contributed by atoms with Gasteiger partial charge in [-0.05, 0) is 81.1 Å². The minimum absolute atomic E-state index is 0.0535. The molecule has 116 valence electrons. The van der Waals surface area contributed by atoms with Crippen LogP contribution in [0.3, 0.4) is 0 Å². The normalized spacial score (nSPS) is 11.0. The molecule has 2 aromatic carbocycles. The van der Waals surface area contributed by atoms with Gasteiger partial charge in [-0.15, -0.1) is 0 Å². The minimum Gasteiger partial charge on any atom is -0.506 e. The predicted octanol–water partition coefficient (Wildman–Crippen LogP) is 4.80. The van der Waals surface area contributed by atoms with E-state index in [9.17, 15) is 15.2 Å². The number of aromatic hydroxyl groups is 1. The Morgan fingerprint density at radius 3 is 2.43 bits per heavy atom. The highest BCUT2D eigenvalue weighted by Gasteiger charge is 2.12. The van der Waals surface area contributed by atoms with Crippen molar-refractivity contribution in [1.29, 1.82) is 5.26 Å². The number of phenolic OH excluding ortho intramolecular Hbond substituents is 1. The minimum atomic E-state index is -0.543. The summed E-state index contributed by atoms with van der Waals surface area (Å²) in [5, 5.41) is 22.0. The van der Waals surface area contributed by atoms with Crippen molar-refractivity contribution in [2.75, 3.05) is 5.32 Å². The Morgan fingerprint density at radius 1 is 1.26 bits per heavy atom. The molecule has 2 rings (SSSR count). The molecule has 2 aromatic rings. The lowest BCUT2D eigenvalue weighted by Crippen LogP contribution is -2.13. The second-order valence-corrected chi connectivity index (χ2v) is 7.17. The number of hydrogen-bond acceptors (Lipinski definition) is 3. The highest BCUT2D eigenvalue weighted by atomic mass is 127. The first-order valence-electron chi connectivity index (χ1n) is 6.28. The van der Waals surface area contributed by atoms with Gasteiger partial charge in [-0.2, -0.15) is 5.26 Å². The van der Waals surface area contributed by atoms with E-state index >= 15 is 0 Å². The molecule has 0 aliphatic carbocycles. The molecule has 0 aromatic heterocycles. The van der Waals surface area contributed by atoms with Gasteiger partial charge in [-0.1, -0.05) is 23.7 Å². The lowest BCUT2D eigenvalue weighted by molar-refractivity contribution is -0.112. The van der Waals surface area contributed by atoms with Crippen LogP contribution in [0.2, 0.25) is 5.02 Å². The number of nitriles is 1. The summed E-state index contributed by atoms with van der Waals surface area (Å²) < 4.78 is 1.29. The lowest BCUT2D eigenvalue weighted by atomic mass is 10.1. The molecule has 0 aliphatic heterocycles. The molecule has 7 heteroatoms. The summed E-state index contributed by atoms with van der Waals surface area (Å²) in [6.45, 7) is 0. The smallest absolute Gasteiger partial charge is 0.266 e. The summed E-state index contributed by atoms with van der Waals surface area (Å²) in [6.07, 6.45) is 1.47. The van der Waals surface area contributed by atoms with Gasteiger partial charge in [-0.3, -0.25) is 4.79 Å². The number of para-hydroxylation sites is 1. The van der Waals surface area contributed by atoms with Crippen molar-refractivity contribution < 1.29 is 9.90 Å². The molecular weight excluding hydrogens is 541 g/mol. The molecule has 0 atom stereocenters. The number of anilines is 1. The number of carbonyl (C=O) groups is 1. The van der Waals surface area contributed by atoms with Crippen molar-refractivity contribution in [3.63, 3.8) is 0 Å². The van der Waals surface area contributed by atoms with E-state index in [-0.39, 0.29) is 11.3 Å². The maximum Gasteiger partial charge on any atom is 0.266 e. The van der Waals surface area contributed by atoms with Crippen molar-refractivity contribution in [2.45, 2.75) is 0 Å². The monoisotopic (exact) mass is 550 g/mol. The zero-order chi connectivity index (χ0) is 17.0. The standard InChI is InChI=1S/C16H9ClI2N2O2/c17-11-3-1-2-4-14(11)21-16(23)10(8-20)5-9-6-12(18)15(22)13(19)7-9/h1-7,22H,(H,21,23)/b10-5+. The average Bonchev–Trinajstić information content (AvgIpc) is 2.52. The Balaban J connectivity index is 2.31. The zero-order valence-corrected chi connectivity index (χ0v) is 16.5. The van der Waals surface area contributed by atoms with Crippen LogP contribution in [-0.4, -0.2) is 11.0 Å². The van der Waals surface area contributed by atoms with Gasteiger partial charge in [0.25, 0.3) is 5.91 Å². The van der Waals surface area contributed by atoms with Crippen LogP contribution in [0.4, 0.5) is 5.69 Å². The fourth-order valence-electron chi connectivity index (χ4n) is 1.74. The lowest BCUT2D eigenvalue weighted by Gasteiger charge is -2.07. The number of phenols is 1. The van der Waals surface area contributed by atoms with Gasteiger partial charge in [0, 0.05) is 0 Å². The number of amides is 1. The molecule has 0 aliphatic rings. The number of nitrogens with zero attached hydrogens (tertiary/aromatic N) is 1. The van der Waals surface area contributed by atoms with E-state index in [1.807, 2.05) is 51.3 Å². The van der Waals surface area contributed by atoms with E-state index in [2.05, 4.69) is 5.32 Å². The van der Waals surface area contributed by atoms with Crippen LogP contribution in [0.15, 0.2) is 42.0 Å². The molecule has 0 saturated carbocycles. The quantitative estimate of drug-likeness (QED) is 0.328. The van der Waals surface area contributed by atoms with Gasteiger partial charge in [0.15, 0.2) is 0 Å². The van der Waals surface area contributed by atoms with Gasteiger partial charge >= 0.3 is 0 Å². The fourth-order valence-corrected chi connectivity index (χ4v) is 3.74. The second-order valence-electron chi connectivity index (χ2n) is 4.44. The SMILES string of the molecule is N#C/C(=C\c1cc(I)c(O)c(I)c1)C(=O)Nc1ccccc1Cl. The van der Waals surface area contributed by atoms with E-state index in [1.165, 1.54) is 6.08 Å². The number of hydrogen-bond donors (Lipinski definition) is 2. The Labute approximate surface area is 165 Å². The Bertz CT molecular complexity index is 821. The van der Waals surface area contributed by atoms with Gasteiger partial charge < -0.3 is 10.4 Å². The molecule has 0 spiro atoms. The Kier molecular flexibility index (Phi) is 6.26. The summed E-state index contributed by atoms with van der Waals surface area (Å²) >= 11 is 9.97. The second kappa shape index (κ2) is 7.99. The average molecular weight is 551 g/mol. The van der Waals surface area contributed by atoms with E-state index in [0.717, 1.165) is 0 Å². The highest BCUT2D eigenvalue weighted by Crippen LogP contribution is 2.28. The summed E-state index contributed by atoms with van der Waals surface area (Å²) in [6, 6.07) is 12.1. The Morgan fingerprint density at radius 2 is 1.87 bits per heavy atom. The van der Waals surface area contributed by atoms with Crippen molar-refractivity contribution >= 4 is 74.5 Å². The molecule has 0 radical (unpaired) electrons. The molecule has 4 nitrogen and oxygen atoms in total. The van der Waals surface area contributed by atoms with E-state index in [1.54, 1.807) is 36.4 Å². The van der Waals surface area contributed by atoms with Crippen LogP contribution < -0.4 is 5.32 Å². The largest absolute Gasteiger partial charge is 0.506 e. The highest BCUT2D eigenvalue weighted by molar-refractivity contribution is 14.1. The van der Waals surface area contributed by atoms with Crippen molar-refractivity contribution in [2.24, 2.45) is 0 Å². The van der Waals surface area contributed by atoms with Crippen LogP contribution in [0, 0.1) is 18.5 Å². The summed E-state index contributed by atoms with van der Waals surface area (Å²) in [5.41, 5.74) is 1.04. The molecule has 1 amide bonds. The van der Waals surface area contributed by atoms with Crippen molar-refractivity contribution in [3.05, 3.63) is 59.7 Å². The predicted molar refractivity (Wildman–Crippen MR) is 107 cm³/mol. The van der Waals surface area contributed by atoms with Crippen LogP contribution in [0.1, 0.15) is 5.56 Å². The summed E-state index contributed by atoms with van der Waals surface area (Å²) in [5.74, 6) is -0.360. The third kappa shape index (κ3) is 4.59. The van der Waals surface area contributed by atoms with E-state index in [4.69, 9.17) is 11.6 Å². The maximum absolute atomic E-state index is 12.2. The molecule has 2 N–H and O–H groups in total.